The van der Waals surface area contributed by atoms with Crippen molar-refractivity contribution in [3.05, 3.63) is 102 Å². The Bertz CT molecular complexity index is 948. The van der Waals surface area contributed by atoms with E-state index in [0.717, 1.165) is 44.9 Å². The fraction of sp³-hybridized carbons (Fsp3) is 0.438. The van der Waals surface area contributed by atoms with Crippen LogP contribution >= 0.6 is 0 Å². The first-order valence-electron chi connectivity index (χ1n) is 12.8. The normalized spacial score (nSPS) is 31.8. The summed E-state index contributed by atoms with van der Waals surface area (Å²) in [5.41, 5.74) is 6.02. The third kappa shape index (κ3) is 3.62. The smallest absolute Gasteiger partial charge is 0.0107 e. The van der Waals surface area contributed by atoms with Gasteiger partial charge in [0.1, 0.15) is 0 Å². The first-order chi connectivity index (χ1) is 15.6. The molecule has 0 aliphatic heterocycles. The molecule has 2 unspecified atom stereocenters. The molecule has 168 valence electrons. The van der Waals surface area contributed by atoms with Crippen molar-refractivity contribution in [2.75, 3.05) is 0 Å². The van der Waals surface area contributed by atoms with Crippen LogP contribution in [0.5, 0.6) is 0 Å². The van der Waals surface area contributed by atoms with Gasteiger partial charge < -0.3 is 0 Å². The Morgan fingerprint density at radius 1 is 0.625 bits per heavy atom. The molecule has 0 aromatic heterocycles. The van der Waals surface area contributed by atoms with Crippen LogP contribution in [0.25, 0.3) is 5.57 Å². The highest BCUT2D eigenvalue weighted by atomic mass is 14.6. The summed E-state index contributed by atoms with van der Waals surface area (Å²) >= 11 is 0. The van der Waals surface area contributed by atoms with Gasteiger partial charge in [0.05, 0.1) is 0 Å². The third-order valence-corrected chi connectivity index (χ3v) is 8.84. The number of benzene rings is 1. The SMILES string of the molecule is CCC1=CCC(CC)(C2(C3(CC)C=CC(CC)=CC3)C=CC(c3ccccc3)=CC2)C=C1. The van der Waals surface area contributed by atoms with Gasteiger partial charge in [0.2, 0.25) is 0 Å². The number of rotatable bonds is 7. The van der Waals surface area contributed by atoms with Gasteiger partial charge in [-0.2, -0.15) is 0 Å². The Labute approximate surface area is 196 Å². The molecule has 0 saturated carbocycles. The largest absolute Gasteiger partial charge is 0.0804 e. The minimum Gasteiger partial charge on any atom is -0.0804 e. The number of hydrogen-bond acceptors (Lipinski definition) is 0. The standard InChI is InChI=1S/C32H40/c1-5-26-14-20-30(7-3,21-15-26)32(31(8-4)22-16-27(6-2)17-23-31)24-18-29(19-25-32)28-12-10-9-11-13-28/h9-20,22,24H,5-8,21,23,25H2,1-4H3. The summed E-state index contributed by atoms with van der Waals surface area (Å²) in [6, 6.07) is 10.9. The van der Waals surface area contributed by atoms with Gasteiger partial charge in [-0.25, -0.2) is 0 Å². The van der Waals surface area contributed by atoms with E-state index in [0.29, 0.717) is 0 Å². The van der Waals surface area contributed by atoms with Crippen molar-refractivity contribution in [3.8, 4) is 0 Å². The topological polar surface area (TPSA) is 0 Å². The monoisotopic (exact) mass is 424 g/mol. The fourth-order valence-corrected chi connectivity index (χ4v) is 6.49. The summed E-state index contributed by atoms with van der Waals surface area (Å²) in [6.07, 6.45) is 30.7. The Morgan fingerprint density at radius 2 is 1.19 bits per heavy atom. The van der Waals surface area contributed by atoms with Crippen LogP contribution in [-0.4, -0.2) is 0 Å². The second-order valence-electron chi connectivity index (χ2n) is 9.89. The lowest BCUT2D eigenvalue weighted by Crippen LogP contribution is -2.52. The zero-order valence-electron chi connectivity index (χ0n) is 20.5. The van der Waals surface area contributed by atoms with Gasteiger partial charge in [-0.1, -0.05) is 124 Å². The van der Waals surface area contributed by atoms with Gasteiger partial charge in [0, 0.05) is 16.2 Å². The summed E-state index contributed by atoms with van der Waals surface area (Å²) in [7, 11) is 0. The van der Waals surface area contributed by atoms with Gasteiger partial charge in [-0.15, -0.1) is 0 Å². The molecule has 3 aliphatic rings. The molecule has 4 rings (SSSR count). The van der Waals surface area contributed by atoms with E-state index in [4.69, 9.17) is 0 Å². The van der Waals surface area contributed by atoms with Gasteiger partial charge in [0.25, 0.3) is 0 Å². The summed E-state index contributed by atoms with van der Waals surface area (Å²) in [6.45, 7) is 9.36. The zero-order chi connectivity index (χ0) is 22.7. The van der Waals surface area contributed by atoms with Crippen LogP contribution < -0.4 is 0 Å². The first-order valence-corrected chi connectivity index (χ1v) is 12.8. The maximum absolute atomic E-state index is 2.63. The van der Waals surface area contributed by atoms with E-state index < -0.39 is 0 Å². The third-order valence-electron chi connectivity index (χ3n) is 8.84. The van der Waals surface area contributed by atoms with Crippen molar-refractivity contribution in [1.29, 1.82) is 0 Å². The van der Waals surface area contributed by atoms with Crippen LogP contribution in [0.3, 0.4) is 0 Å². The molecule has 0 fully saturated rings. The molecule has 3 aliphatic carbocycles. The highest BCUT2D eigenvalue weighted by molar-refractivity contribution is 5.75. The fourth-order valence-electron chi connectivity index (χ4n) is 6.49. The Balaban J connectivity index is 1.82. The van der Waals surface area contributed by atoms with Crippen molar-refractivity contribution in [3.63, 3.8) is 0 Å². The van der Waals surface area contributed by atoms with Crippen molar-refractivity contribution >= 4 is 5.57 Å². The van der Waals surface area contributed by atoms with Crippen LogP contribution in [-0.2, 0) is 0 Å². The van der Waals surface area contributed by atoms with Crippen LogP contribution in [0.4, 0.5) is 0 Å². The van der Waals surface area contributed by atoms with Gasteiger partial charge in [-0.05, 0) is 56.1 Å². The molecule has 2 atom stereocenters. The minimum absolute atomic E-state index is 0.0698. The van der Waals surface area contributed by atoms with Crippen molar-refractivity contribution < 1.29 is 0 Å². The van der Waals surface area contributed by atoms with E-state index in [9.17, 15) is 0 Å². The molecule has 0 radical (unpaired) electrons. The van der Waals surface area contributed by atoms with Crippen LogP contribution in [0.2, 0.25) is 0 Å². The van der Waals surface area contributed by atoms with E-state index in [2.05, 4.69) is 113 Å². The average Bonchev–Trinajstić information content (AvgIpc) is 2.89. The Morgan fingerprint density at radius 3 is 1.56 bits per heavy atom. The second-order valence-corrected chi connectivity index (χ2v) is 9.89. The van der Waals surface area contributed by atoms with Crippen molar-refractivity contribution in [1.82, 2.24) is 0 Å². The highest BCUT2D eigenvalue weighted by Crippen LogP contribution is 2.66. The Hall–Kier alpha value is -2.34. The summed E-state index contributed by atoms with van der Waals surface area (Å²) in [5, 5.41) is 0. The Kier molecular flexibility index (Phi) is 6.61. The molecular weight excluding hydrogens is 384 g/mol. The second kappa shape index (κ2) is 9.26. The molecule has 32 heavy (non-hydrogen) atoms. The molecule has 0 bridgehead atoms. The molecule has 0 saturated heterocycles. The maximum Gasteiger partial charge on any atom is 0.0107 e. The highest BCUT2D eigenvalue weighted by Gasteiger charge is 2.57. The molecule has 0 N–H and O–H groups in total. The van der Waals surface area contributed by atoms with E-state index >= 15 is 0 Å². The molecule has 0 heterocycles. The predicted molar refractivity (Wildman–Crippen MR) is 140 cm³/mol. The lowest BCUT2D eigenvalue weighted by molar-refractivity contribution is 0.00560. The number of hydrogen-bond donors (Lipinski definition) is 0. The summed E-state index contributed by atoms with van der Waals surface area (Å²) in [5.74, 6) is 0. The lowest BCUT2D eigenvalue weighted by Gasteiger charge is -2.59. The molecule has 0 amide bonds. The molecule has 0 spiro atoms. The van der Waals surface area contributed by atoms with E-state index in [-0.39, 0.29) is 16.2 Å². The van der Waals surface area contributed by atoms with E-state index in [1.807, 2.05) is 0 Å². The lowest BCUT2D eigenvalue weighted by atomic mass is 9.44. The van der Waals surface area contributed by atoms with Gasteiger partial charge in [0.15, 0.2) is 0 Å². The van der Waals surface area contributed by atoms with Crippen LogP contribution in [0.15, 0.2) is 96.2 Å². The predicted octanol–water partition coefficient (Wildman–Crippen LogP) is 9.40. The molecule has 1 aromatic carbocycles. The zero-order valence-corrected chi connectivity index (χ0v) is 20.5. The summed E-state index contributed by atoms with van der Waals surface area (Å²) < 4.78 is 0. The van der Waals surface area contributed by atoms with Gasteiger partial charge >= 0.3 is 0 Å². The maximum atomic E-state index is 2.63. The average molecular weight is 425 g/mol. The number of allylic oxidation sites excluding steroid dienone is 12. The quantitative estimate of drug-likeness (QED) is 0.409. The van der Waals surface area contributed by atoms with E-state index in [1.54, 1.807) is 0 Å². The van der Waals surface area contributed by atoms with E-state index in [1.165, 1.54) is 22.3 Å². The molecular formula is C32H40. The van der Waals surface area contributed by atoms with Crippen LogP contribution in [0.1, 0.15) is 78.2 Å². The van der Waals surface area contributed by atoms with Crippen molar-refractivity contribution in [2.45, 2.75) is 72.6 Å². The van der Waals surface area contributed by atoms with Crippen molar-refractivity contribution in [2.24, 2.45) is 16.2 Å². The van der Waals surface area contributed by atoms with Gasteiger partial charge in [-0.3, -0.25) is 0 Å². The molecule has 0 nitrogen and oxygen atoms in total. The minimum atomic E-state index is 0.0698. The molecule has 1 aromatic rings. The summed E-state index contributed by atoms with van der Waals surface area (Å²) in [4.78, 5) is 0. The molecule has 0 heteroatoms. The van der Waals surface area contributed by atoms with Crippen LogP contribution in [0, 0.1) is 16.2 Å². The first kappa shape index (κ1) is 22.8.